The number of nitro groups is 1. The molecule has 1 aromatic rings. The highest BCUT2D eigenvalue weighted by Crippen LogP contribution is 2.23. The van der Waals surface area contributed by atoms with Gasteiger partial charge in [-0.2, -0.15) is 0 Å². The summed E-state index contributed by atoms with van der Waals surface area (Å²) in [6.07, 6.45) is 0.802. The molecule has 1 aromatic carbocycles. The summed E-state index contributed by atoms with van der Waals surface area (Å²) < 4.78 is 0. The van der Waals surface area contributed by atoms with E-state index < -0.39 is 4.92 Å². The third-order valence-electron chi connectivity index (χ3n) is 2.20. The van der Waals surface area contributed by atoms with Gasteiger partial charge in [0, 0.05) is 18.5 Å². The molecular weight excluding hydrogens is 222 g/mol. The Morgan fingerprint density at radius 2 is 2.18 bits per heavy atom. The van der Waals surface area contributed by atoms with Crippen molar-refractivity contribution in [3.63, 3.8) is 0 Å². The van der Waals surface area contributed by atoms with Crippen molar-refractivity contribution in [3.05, 3.63) is 34.4 Å². The Kier molecular flexibility index (Phi) is 4.59. The van der Waals surface area contributed by atoms with E-state index in [-0.39, 0.29) is 29.7 Å². The van der Waals surface area contributed by atoms with Crippen molar-refractivity contribution in [3.8, 4) is 0 Å². The van der Waals surface area contributed by atoms with E-state index in [0.29, 0.717) is 6.42 Å². The number of rotatable bonds is 5. The molecule has 0 aliphatic carbocycles. The predicted molar refractivity (Wildman–Crippen MR) is 64.6 cm³/mol. The van der Waals surface area contributed by atoms with Crippen molar-refractivity contribution in [2.45, 2.75) is 25.8 Å². The lowest BCUT2D eigenvalue weighted by Gasteiger charge is -2.07. The minimum absolute atomic E-state index is 0.0634. The molecule has 17 heavy (non-hydrogen) atoms. The fourth-order valence-corrected chi connectivity index (χ4v) is 1.31. The summed E-state index contributed by atoms with van der Waals surface area (Å²) in [5.41, 5.74) is 5.63. The smallest absolute Gasteiger partial charge is 0.292 e. The molecule has 92 valence electrons. The largest absolute Gasteiger partial charge is 0.328 e. The lowest BCUT2D eigenvalue weighted by Crippen LogP contribution is -2.19. The van der Waals surface area contributed by atoms with Crippen LogP contribution in [0, 0.1) is 10.1 Å². The number of anilines is 1. The maximum Gasteiger partial charge on any atom is 0.292 e. The van der Waals surface area contributed by atoms with Crippen LogP contribution in [0.25, 0.3) is 0 Å². The van der Waals surface area contributed by atoms with E-state index in [1.807, 2.05) is 0 Å². The van der Waals surface area contributed by atoms with E-state index in [9.17, 15) is 14.9 Å². The molecule has 1 amide bonds. The second-order valence-corrected chi connectivity index (χ2v) is 3.84. The van der Waals surface area contributed by atoms with Gasteiger partial charge in [-0.1, -0.05) is 12.1 Å². The van der Waals surface area contributed by atoms with Gasteiger partial charge in [0.15, 0.2) is 0 Å². The molecule has 1 atom stereocenters. The maximum atomic E-state index is 11.5. The molecule has 0 aliphatic rings. The van der Waals surface area contributed by atoms with Gasteiger partial charge in [0.25, 0.3) is 5.69 Å². The fraction of sp³-hybridized carbons (Fsp3) is 0.364. The van der Waals surface area contributed by atoms with Crippen molar-refractivity contribution < 1.29 is 9.72 Å². The van der Waals surface area contributed by atoms with E-state index >= 15 is 0 Å². The SMILES string of the molecule is CC(N)CCC(=O)Nc1ccccc1[N+](=O)[O-]. The summed E-state index contributed by atoms with van der Waals surface area (Å²) in [5.74, 6) is -0.267. The summed E-state index contributed by atoms with van der Waals surface area (Å²) in [6, 6.07) is 5.97. The first-order valence-electron chi connectivity index (χ1n) is 5.29. The number of para-hydroxylation sites is 2. The van der Waals surface area contributed by atoms with Crippen LogP contribution >= 0.6 is 0 Å². The highest BCUT2D eigenvalue weighted by molar-refractivity contribution is 5.92. The topological polar surface area (TPSA) is 98.3 Å². The first-order chi connectivity index (χ1) is 8.00. The van der Waals surface area contributed by atoms with Crippen molar-refractivity contribution in [2.75, 3.05) is 5.32 Å². The molecule has 6 nitrogen and oxygen atoms in total. The van der Waals surface area contributed by atoms with E-state index in [2.05, 4.69) is 5.32 Å². The Morgan fingerprint density at radius 3 is 2.76 bits per heavy atom. The number of hydrogen-bond donors (Lipinski definition) is 2. The van der Waals surface area contributed by atoms with Gasteiger partial charge >= 0.3 is 0 Å². The van der Waals surface area contributed by atoms with Gasteiger partial charge in [-0.05, 0) is 19.4 Å². The molecule has 0 radical (unpaired) electrons. The standard InChI is InChI=1S/C11H15N3O3/c1-8(12)6-7-11(15)13-9-4-2-3-5-10(9)14(16)17/h2-5,8H,6-7,12H2,1H3,(H,13,15). The monoisotopic (exact) mass is 237 g/mol. The molecule has 1 rings (SSSR count). The van der Waals surface area contributed by atoms with Gasteiger partial charge in [0.2, 0.25) is 5.91 Å². The predicted octanol–water partition coefficient (Wildman–Crippen LogP) is 1.66. The average molecular weight is 237 g/mol. The third-order valence-corrected chi connectivity index (χ3v) is 2.20. The van der Waals surface area contributed by atoms with E-state index in [1.54, 1.807) is 19.1 Å². The number of amides is 1. The molecule has 0 saturated heterocycles. The van der Waals surface area contributed by atoms with Gasteiger partial charge < -0.3 is 11.1 Å². The minimum atomic E-state index is -0.527. The zero-order valence-electron chi connectivity index (χ0n) is 9.55. The summed E-state index contributed by atoms with van der Waals surface area (Å²) in [4.78, 5) is 21.7. The second-order valence-electron chi connectivity index (χ2n) is 3.84. The minimum Gasteiger partial charge on any atom is -0.328 e. The Morgan fingerprint density at radius 1 is 1.53 bits per heavy atom. The molecule has 6 heteroatoms. The number of nitrogens with one attached hydrogen (secondary N) is 1. The number of nitrogens with two attached hydrogens (primary N) is 1. The maximum absolute atomic E-state index is 11.5. The van der Waals surface area contributed by atoms with Crippen molar-refractivity contribution >= 4 is 17.3 Å². The molecular formula is C11H15N3O3. The summed E-state index contributed by atoms with van der Waals surface area (Å²) in [5, 5.41) is 13.2. The van der Waals surface area contributed by atoms with Crippen molar-refractivity contribution in [1.82, 2.24) is 0 Å². The lowest BCUT2D eigenvalue weighted by atomic mass is 10.2. The molecule has 0 fully saturated rings. The zero-order valence-corrected chi connectivity index (χ0v) is 9.55. The Labute approximate surface area is 99.0 Å². The highest BCUT2D eigenvalue weighted by atomic mass is 16.6. The van der Waals surface area contributed by atoms with Crippen LogP contribution in [0.5, 0.6) is 0 Å². The molecule has 0 aliphatic heterocycles. The molecule has 0 spiro atoms. The van der Waals surface area contributed by atoms with Gasteiger partial charge in [0.1, 0.15) is 5.69 Å². The number of carbonyl (C=O) groups is 1. The van der Waals surface area contributed by atoms with Gasteiger partial charge in [-0.3, -0.25) is 14.9 Å². The van der Waals surface area contributed by atoms with Gasteiger partial charge in [-0.15, -0.1) is 0 Å². The molecule has 3 N–H and O–H groups in total. The van der Waals surface area contributed by atoms with Gasteiger partial charge in [0.05, 0.1) is 4.92 Å². The molecule has 0 aromatic heterocycles. The summed E-state index contributed by atoms with van der Waals surface area (Å²) in [7, 11) is 0. The lowest BCUT2D eigenvalue weighted by molar-refractivity contribution is -0.383. The van der Waals surface area contributed by atoms with E-state index in [4.69, 9.17) is 5.73 Å². The summed E-state index contributed by atoms with van der Waals surface area (Å²) >= 11 is 0. The van der Waals surface area contributed by atoms with Gasteiger partial charge in [-0.25, -0.2) is 0 Å². The van der Waals surface area contributed by atoms with Crippen LogP contribution in [0.3, 0.4) is 0 Å². The van der Waals surface area contributed by atoms with Crippen LogP contribution < -0.4 is 11.1 Å². The molecule has 0 saturated carbocycles. The first-order valence-corrected chi connectivity index (χ1v) is 5.29. The molecule has 1 unspecified atom stereocenters. The fourth-order valence-electron chi connectivity index (χ4n) is 1.31. The number of nitro benzene ring substituents is 1. The zero-order chi connectivity index (χ0) is 12.8. The highest BCUT2D eigenvalue weighted by Gasteiger charge is 2.14. The van der Waals surface area contributed by atoms with E-state index in [0.717, 1.165) is 0 Å². The first kappa shape index (κ1) is 13.1. The van der Waals surface area contributed by atoms with Crippen molar-refractivity contribution in [2.24, 2.45) is 5.73 Å². The van der Waals surface area contributed by atoms with Crippen LogP contribution in [-0.4, -0.2) is 16.9 Å². The number of nitrogens with zero attached hydrogens (tertiary/aromatic N) is 1. The molecule has 0 bridgehead atoms. The van der Waals surface area contributed by atoms with Crippen molar-refractivity contribution in [1.29, 1.82) is 0 Å². The van der Waals surface area contributed by atoms with Crippen LogP contribution in [0.2, 0.25) is 0 Å². The Balaban J connectivity index is 2.68. The van der Waals surface area contributed by atoms with Crippen LogP contribution in [0.1, 0.15) is 19.8 Å². The second kappa shape index (κ2) is 5.95. The van der Waals surface area contributed by atoms with Crippen LogP contribution in [0.4, 0.5) is 11.4 Å². The number of benzene rings is 1. The summed E-state index contributed by atoms with van der Waals surface area (Å²) in [6.45, 7) is 1.80. The number of carbonyl (C=O) groups excluding carboxylic acids is 1. The Hall–Kier alpha value is -1.95. The van der Waals surface area contributed by atoms with E-state index in [1.165, 1.54) is 12.1 Å². The normalized spacial score (nSPS) is 11.9. The van der Waals surface area contributed by atoms with Crippen LogP contribution in [-0.2, 0) is 4.79 Å². The average Bonchev–Trinajstić information content (AvgIpc) is 2.27. The third kappa shape index (κ3) is 4.20. The number of hydrogen-bond acceptors (Lipinski definition) is 4. The quantitative estimate of drug-likeness (QED) is 0.601. The molecule has 0 heterocycles. The Bertz CT molecular complexity index is 418. The van der Waals surface area contributed by atoms with Crippen LogP contribution in [0.15, 0.2) is 24.3 Å².